The Morgan fingerprint density at radius 1 is 1.38 bits per heavy atom. The van der Waals surface area contributed by atoms with Crippen molar-refractivity contribution in [3.8, 4) is 5.88 Å². The number of nitrogens with one attached hydrogen (secondary N) is 1. The molecule has 1 N–H and O–H groups in total. The number of morpholine rings is 1. The van der Waals surface area contributed by atoms with Gasteiger partial charge in [0.15, 0.2) is 5.96 Å². The van der Waals surface area contributed by atoms with Gasteiger partial charge in [0, 0.05) is 45.0 Å². The lowest BCUT2D eigenvalue weighted by Crippen LogP contribution is -2.53. The van der Waals surface area contributed by atoms with Gasteiger partial charge >= 0.3 is 0 Å². The molecular weight excluding hydrogens is 332 g/mol. The van der Waals surface area contributed by atoms with Gasteiger partial charge in [-0.05, 0) is 25.3 Å². The second-order valence-corrected chi connectivity index (χ2v) is 6.62. The van der Waals surface area contributed by atoms with Gasteiger partial charge in [-0.1, -0.05) is 13.0 Å². The van der Waals surface area contributed by atoms with Crippen LogP contribution in [0.4, 0.5) is 0 Å². The van der Waals surface area contributed by atoms with Crippen LogP contribution in [-0.4, -0.2) is 68.0 Å². The fourth-order valence-electron chi connectivity index (χ4n) is 3.38. The number of ether oxygens (including phenoxy) is 3. The van der Waals surface area contributed by atoms with Gasteiger partial charge in [0.05, 0.1) is 19.3 Å². The summed E-state index contributed by atoms with van der Waals surface area (Å²) in [5, 5.41) is 3.44. The molecule has 0 aromatic carbocycles. The molecule has 1 aromatic heterocycles. The summed E-state index contributed by atoms with van der Waals surface area (Å²) in [6.45, 7) is 6.56. The SMILES string of the molecule is CCCOc1ncccc1CNC(=NC)N1CCOC(C2CCCO2)C1. The van der Waals surface area contributed by atoms with Crippen LogP contribution in [0, 0.1) is 0 Å². The van der Waals surface area contributed by atoms with Crippen LogP contribution in [-0.2, 0) is 16.0 Å². The molecule has 2 unspecified atom stereocenters. The van der Waals surface area contributed by atoms with Gasteiger partial charge in [0.1, 0.15) is 6.10 Å². The van der Waals surface area contributed by atoms with E-state index in [0.717, 1.165) is 50.5 Å². The van der Waals surface area contributed by atoms with Gasteiger partial charge in [0.2, 0.25) is 5.88 Å². The van der Waals surface area contributed by atoms with E-state index >= 15 is 0 Å². The monoisotopic (exact) mass is 362 g/mol. The highest BCUT2D eigenvalue weighted by atomic mass is 16.5. The molecule has 3 rings (SSSR count). The van der Waals surface area contributed by atoms with Gasteiger partial charge in [-0.25, -0.2) is 4.98 Å². The Labute approximate surface area is 155 Å². The van der Waals surface area contributed by atoms with E-state index < -0.39 is 0 Å². The second kappa shape index (κ2) is 9.73. The maximum atomic E-state index is 5.93. The summed E-state index contributed by atoms with van der Waals surface area (Å²) in [5.74, 6) is 1.57. The summed E-state index contributed by atoms with van der Waals surface area (Å²) in [5.41, 5.74) is 1.03. The van der Waals surface area contributed by atoms with E-state index in [4.69, 9.17) is 14.2 Å². The molecule has 2 aliphatic rings. The first kappa shape index (κ1) is 18.9. The maximum absolute atomic E-state index is 5.93. The van der Waals surface area contributed by atoms with Crippen molar-refractivity contribution in [2.45, 2.75) is 44.9 Å². The largest absolute Gasteiger partial charge is 0.477 e. The van der Waals surface area contributed by atoms with Crippen molar-refractivity contribution in [3.05, 3.63) is 23.9 Å². The zero-order valence-corrected chi connectivity index (χ0v) is 15.8. The van der Waals surface area contributed by atoms with Crippen LogP contribution < -0.4 is 10.1 Å². The molecule has 2 fully saturated rings. The Kier molecular flexibility index (Phi) is 7.08. The van der Waals surface area contributed by atoms with E-state index in [1.165, 1.54) is 0 Å². The fraction of sp³-hybridized carbons (Fsp3) is 0.684. The Bertz CT molecular complexity index is 590. The van der Waals surface area contributed by atoms with Gasteiger partial charge in [-0.2, -0.15) is 0 Å². The van der Waals surface area contributed by atoms with E-state index in [1.807, 2.05) is 19.2 Å². The number of hydrogen-bond acceptors (Lipinski definition) is 5. The highest BCUT2D eigenvalue weighted by Gasteiger charge is 2.32. The molecule has 7 heteroatoms. The quantitative estimate of drug-likeness (QED) is 0.615. The average Bonchev–Trinajstić information content (AvgIpc) is 3.23. The predicted molar refractivity (Wildman–Crippen MR) is 101 cm³/mol. The molecule has 1 aromatic rings. The van der Waals surface area contributed by atoms with E-state index in [2.05, 4.69) is 27.1 Å². The maximum Gasteiger partial charge on any atom is 0.218 e. The standard InChI is InChI=1S/C19H30N4O3/c1-3-10-26-18-15(6-4-8-21-18)13-22-19(20-2)23-9-12-25-17(14-23)16-7-5-11-24-16/h4,6,8,16-17H,3,5,7,9-14H2,1-2H3,(H,20,22). The number of aromatic nitrogens is 1. The number of pyridine rings is 1. The summed E-state index contributed by atoms with van der Waals surface area (Å²) < 4.78 is 17.5. The van der Waals surface area contributed by atoms with Crippen LogP contribution >= 0.6 is 0 Å². The van der Waals surface area contributed by atoms with Crippen LogP contribution in [0.3, 0.4) is 0 Å². The van der Waals surface area contributed by atoms with E-state index in [0.29, 0.717) is 25.6 Å². The molecule has 0 amide bonds. The first-order chi connectivity index (χ1) is 12.8. The smallest absolute Gasteiger partial charge is 0.218 e. The van der Waals surface area contributed by atoms with Crippen LogP contribution in [0.5, 0.6) is 5.88 Å². The van der Waals surface area contributed by atoms with Crippen molar-refractivity contribution in [1.82, 2.24) is 15.2 Å². The van der Waals surface area contributed by atoms with Gasteiger partial charge in [0.25, 0.3) is 0 Å². The first-order valence-electron chi connectivity index (χ1n) is 9.57. The third kappa shape index (κ3) is 4.86. The number of nitrogens with zero attached hydrogens (tertiary/aromatic N) is 3. The molecule has 0 bridgehead atoms. The number of hydrogen-bond donors (Lipinski definition) is 1. The summed E-state index contributed by atoms with van der Waals surface area (Å²) in [4.78, 5) is 11.0. The average molecular weight is 362 g/mol. The molecule has 0 radical (unpaired) electrons. The lowest BCUT2D eigenvalue weighted by atomic mass is 10.1. The molecule has 0 aliphatic carbocycles. The number of rotatable bonds is 6. The molecule has 0 saturated carbocycles. The highest BCUT2D eigenvalue weighted by molar-refractivity contribution is 5.80. The summed E-state index contributed by atoms with van der Waals surface area (Å²) in [6, 6.07) is 3.97. The minimum atomic E-state index is 0.117. The van der Waals surface area contributed by atoms with Crippen LogP contribution in [0.1, 0.15) is 31.7 Å². The molecule has 3 heterocycles. The van der Waals surface area contributed by atoms with Gasteiger partial charge < -0.3 is 24.4 Å². The van der Waals surface area contributed by atoms with Crippen molar-refractivity contribution < 1.29 is 14.2 Å². The minimum Gasteiger partial charge on any atom is -0.477 e. The van der Waals surface area contributed by atoms with Crippen LogP contribution in [0.2, 0.25) is 0 Å². The van der Waals surface area contributed by atoms with Gasteiger partial charge in [-0.3, -0.25) is 4.99 Å². The molecule has 0 spiro atoms. The van der Waals surface area contributed by atoms with Crippen molar-refractivity contribution in [2.75, 3.05) is 40.0 Å². The van der Waals surface area contributed by atoms with Gasteiger partial charge in [-0.15, -0.1) is 0 Å². The lowest BCUT2D eigenvalue weighted by molar-refractivity contribution is -0.0817. The van der Waals surface area contributed by atoms with Crippen molar-refractivity contribution in [2.24, 2.45) is 4.99 Å². The normalized spacial score (nSPS) is 23.9. The van der Waals surface area contributed by atoms with E-state index in [-0.39, 0.29) is 12.2 Å². The Morgan fingerprint density at radius 3 is 3.04 bits per heavy atom. The molecular formula is C19H30N4O3. The third-order valence-corrected chi connectivity index (χ3v) is 4.71. The summed E-state index contributed by atoms with van der Waals surface area (Å²) in [6.07, 6.45) is 5.26. The van der Waals surface area contributed by atoms with Crippen molar-refractivity contribution in [3.63, 3.8) is 0 Å². The molecule has 2 saturated heterocycles. The zero-order valence-electron chi connectivity index (χ0n) is 15.8. The van der Waals surface area contributed by atoms with Crippen LogP contribution in [0.15, 0.2) is 23.3 Å². The minimum absolute atomic E-state index is 0.117. The van der Waals surface area contributed by atoms with E-state index in [9.17, 15) is 0 Å². The molecule has 7 nitrogen and oxygen atoms in total. The Hall–Kier alpha value is -1.86. The lowest BCUT2D eigenvalue weighted by Gasteiger charge is -2.37. The molecule has 26 heavy (non-hydrogen) atoms. The van der Waals surface area contributed by atoms with Crippen molar-refractivity contribution in [1.29, 1.82) is 0 Å². The Balaban J connectivity index is 1.58. The third-order valence-electron chi connectivity index (χ3n) is 4.71. The Morgan fingerprint density at radius 2 is 2.27 bits per heavy atom. The fourth-order valence-corrected chi connectivity index (χ4v) is 3.38. The summed E-state index contributed by atoms with van der Waals surface area (Å²) in [7, 11) is 1.82. The predicted octanol–water partition coefficient (Wildman–Crippen LogP) is 1.83. The first-order valence-corrected chi connectivity index (χ1v) is 9.57. The van der Waals surface area contributed by atoms with Crippen LogP contribution in [0.25, 0.3) is 0 Å². The number of guanidine groups is 1. The highest BCUT2D eigenvalue weighted by Crippen LogP contribution is 2.21. The molecule has 144 valence electrons. The second-order valence-electron chi connectivity index (χ2n) is 6.62. The molecule has 2 atom stereocenters. The topological polar surface area (TPSA) is 68.2 Å². The van der Waals surface area contributed by atoms with E-state index in [1.54, 1.807) is 6.20 Å². The molecule has 2 aliphatic heterocycles. The zero-order chi connectivity index (χ0) is 18.2. The van der Waals surface area contributed by atoms with Crippen molar-refractivity contribution >= 4 is 5.96 Å². The number of aliphatic imine (C=N–C) groups is 1. The summed E-state index contributed by atoms with van der Waals surface area (Å²) >= 11 is 0.